The third-order valence-corrected chi connectivity index (χ3v) is 4.08. The van der Waals surface area contributed by atoms with Crippen molar-refractivity contribution in [2.75, 3.05) is 11.1 Å². The van der Waals surface area contributed by atoms with Crippen LogP contribution in [-0.4, -0.2) is 16.9 Å². The summed E-state index contributed by atoms with van der Waals surface area (Å²) in [5, 5.41) is 2.78. The molecule has 1 aromatic rings. The summed E-state index contributed by atoms with van der Waals surface area (Å²) in [6.45, 7) is 0. The second kappa shape index (κ2) is 5.06. The second-order valence-electron chi connectivity index (χ2n) is 3.62. The van der Waals surface area contributed by atoms with Crippen molar-refractivity contribution in [3.05, 3.63) is 29.0 Å². The van der Waals surface area contributed by atoms with Crippen molar-refractivity contribution in [1.29, 1.82) is 0 Å². The number of hydrogen-bond donors (Lipinski definition) is 1. The molecule has 0 aromatic heterocycles. The van der Waals surface area contributed by atoms with E-state index in [1.165, 1.54) is 18.2 Å². The van der Waals surface area contributed by atoms with E-state index in [4.69, 9.17) is 11.6 Å². The highest BCUT2D eigenvalue weighted by Crippen LogP contribution is 2.27. The van der Waals surface area contributed by atoms with Crippen LogP contribution in [0.1, 0.15) is 12.8 Å². The first-order valence-corrected chi connectivity index (χ1v) is 6.47. The van der Waals surface area contributed by atoms with Crippen LogP contribution in [0.4, 0.5) is 10.1 Å². The predicted octanol–water partition coefficient (Wildman–Crippen LogP) is 3.31. The minimum atomic E-state index is -0.477. The molecular weight excluding hydrogens is 249 g/mol. The molecule has 1 atom stereocenters. The van der Waals surface area contributed by atoms with Crippen LogP contribution < -0.4 is 5.32 Å². The van der Waals surface area contributed by atoms with Crippen molar-refractivity contribution in [2.24, 2.45) is 0 Å². The summed E-state index contributed by atoms with van der Waals surface area (Å²) in [6, 6.07) is 4.19. The molecule has 5 heteroatoms. The van der Waals surface area contributed by atoms with E-state index in [9.17, 15) is 9.18 Å². The lowest BCUT2D eigenvalue weighted by Crippen LogP contribution is -2.22. The van der Waals surface area contributed by atoms with Crippen LogP contribution >= 0.6 is 23.4 Å². The molecule has 1 saturated heterocycles. The monoisotopic (exact) mass is 259 g/mol. The van der Waals surface area contributed by atoms with Crippen molar-refractivity contribution in [3.63, 3.8) is 0 Å². The molecule has 1 fully saturated rings. The zero-order valence-electron chi connectivity index (χ0n) is 8.50. The fourth-order valence-electron chi connectivity index (χ4n) is 1.58. The fraction of sp³-hybridized carbons (Fsp3) is 0.364. The highest BCUT2D eigenvalue weighted by Gasteiger charge is 2.23. The lowest BCUT2D eigenvalue weighted by Gasteiger charge is -2.10. The number of thioether (sulfide) groups is 1. The largest absolute Gasteiger partial charge is 0.325 e. The molecule has 16 heavy (non-hydrogen) atoms. The number of carbonyl (C=O) groups excluding carboxylic acids is 1. The van der Waals surface area contributed by atoms with Crippen molar-refractivity contribution in [1.82, 2.24) is 0 Å². The van der Waals surface area contributed by atoms with Crippen molar-refractivity contribution in [3.8, 4) is 0 Å². The molecule has 1 aliphatic rings. The van der Waals surface area contributed by atoms with Gasteiger partial charge in [0.25, 0.3) is 0 Å². The molecule has 1 heterocycles. The number of carbonyl (C=O) groups is 1. The van der Waals surface area contributed by atoms with Crippen LogP contribution in [0.25, 0.3) is 0 Å². The zero-order valence-corrected chi connectivity index (χ0v) is 10.1. The Morgan fingerprint density at radius 3 is 3.00 bits per heavy atom. The summed E-state index contributed by atoms with van der Waals surface area (Å²) in [5.41, 5.74) is 0.545. The molecule has 1 amide bonds. The Morgan fingerprint density at radius 1 is 1.56 bits per heavy atom. The molecule has 0 bridgehead atoms. The molecular formula is C11H11ClFNOS. The first kappa shape index (κ1) is 11.7. The maximum atomic E-state index is 12.9. The Morgan fingerprint density at radius 2 is 2.38 bits per heavy atom. The molecule has 0 radical (unpaired) electrons. The number of anilines is 1. The molecule has 1 aliphatic heterocycles. The Hall–Kier alpha value is -0.740. The Kier molecular flexibility index (Phi) is 3.71. The van der Waals surface area contributed by atoms with Gasteiger partial charge in [-0.2, -0.15) is 0 Å². The smallest absolute Gasteiger partial charge is 0.237 e. The average molecular weight is 260 g/mol. The highest BCUT2D eigenvalue weighted by molar-refractivity contribution is 8.00. The second-order valence-corrected chi connectivity index (χ2v) is 5.34. The molecule has 0 spiro atoms. The summed E-state index contributed by atoms with van der Waals surface area (Å²) in [7, 11) is 0. The number of hydrogen-bond acceptors (Lipinski definition) is 2. The summed E-state index contributed by atoms with van der Waals surface area (Å²) >= 11 is 7.28. The maximum absolute atomic E-state index is 12.9. The van der Waals surface area contributed by atoms with E-state index in [2.05, 4.69) is 5.32 Å². The molecule has 1 N–H and O–H groups in total. The third-order valence-electron chi connectivity index (χ3n) is 2.41. The van der Waals surface area contributed by atoms with E-state index in [1.807, 2.05) is 0 Å². The minimum Gasteiger partial charge on any atom is -0.325 e. The van der Waals surface area contributed by atoms with Gasteiger partial charge in [0.15, 0.2) is 0 Å². The van der Waals surface area contributed by atoms with Gasteiger partial charge in [-0.05, 0) is 36.8 Å². The van der Waals surface area contributed by atoms with Crippen LogP contribution in [0.5, 0.6) is 0 Å². The molecule has 0 saturated carbocycles. The van der Waals surface area contributed by atoms with Crippen LogP contribution in [0, 0.1) is 5.82 Å². The minimum absolute atomic E-state index is 0.0174. The van der Waals surface area contributed by atoms with Crippen LogP contribution in [0.3, 0.4) is 0 Å². The Bertz CT molecular complexity index is 407. The molecule has 0 aliphatic carbocycles. The standard InChI is InChI=1S/C11H11ClFNOS/c12-8-6-7(3-4-9(8)13)14-11(15)10-2-1-5-16-10/h3-4,6,10H,1-2,5H2,(H,14,15). The van der Waals surface area contributed by atoms with Gasteiger partial charge in [0.05, 0.1) is 10.3 Å². The van der Waals surface area contributed by atoms with Crippen molar-refractivity contribution >= 4 is 35.0 Å². The van der Waals surface area contributed by atoms with E-state index < -0.39 is 5.82 Å². The van der Waals surface area contributed by atoms with Gasteiger partial charge in [-0.3, -0.25) is 4.79 Å². The van der Waals surface area contributed by atoms with E-state index >= 15 is 0 Å². The molecule has 1 unspecified atom stereocenters. The normalized spacial score (nSPS) is 19.8. The van der Waals surface area contributed by atoms with E-state index in [0.29, 0.717) is 5.69 Å². The van der Waals surface area contributed by atoms with E-state index in [0.717, 1.165) is 18.6 Å². The lowest BCUT2D eigenvalue weighted by molar-refractivity contribution is -0.115. The van der Waals surface area contributed by atoms with Crippen molar-refractivity contribution in [2.45, 2.75) is 18.1 Å². The van der Waals surface area contributed by atoms with Gasteiger partial charge in [-0.1, -0.05) is 11.6 Å². The van der Waals surface area contributed by atoms with Gasteiger partial charge in [-0.15, -0.1) is 11.8 Å². The number of benzene rings is 1. The third kappa shape index (κ3) is 2.68. The molecule has 2 rings (SSSR count). The van der Waals surface area contributed by atoms with Crippen LogP contribution in [-0.2, 0) is 4.79 Å². The summed E-state index contributed by atoms with van der Waals surface area (Å²) < 4.78 is 12.9. The lowest BCUT2D eigenvalue weighted by atomic mass is 10.2. The summed E-state index contributed by atoms with van der Waals surface area (Å²) in [6.07, 6.45) is 1.98. The van der Waals surface area contributed by atoms with E-state index in [1.54, 1.807) is 11.8 Å². The van der Waals surface area contributed by atoms with Gasteiger partial charge >= 0.3 is 0 Å². The Balaban J connectivity index is 2.02. The summed E-state index contributed by atoms with van der Waals surface area (Å²) in [5.74, 6) is 0.530. The van der Waals surface area contributed by atoms with Gasteiger partial charge in [0, 0.05) is 5.69 Å². The predicted molar refractivity (Wildman–Crippen MR) is 65.5 cm³/mol. The SMILES string of the molecule is O=C(Nc1ccc(F)c(Cl)c1)C1CCCS1. The van der Waals surface area contributed by atoms with Gasteiger partial charge in [-0.25, -0.2) is 4.39 Å². The van der Waals surface area contributed by atoms with Gasteiger partial charge < -0.3 is 5.32 Å². The Labute approximate surface area is 103 Å². The first-order valence-electron chi connectivity index (χ1n) is 5.04. The number of amides is 1. The molecule has 86 valence electrons. The summed E-state index contributed by atoms with van der Waals surface area (Å²) in [4.78, 5) is 11.7. The van der Waals surface area contributed by atoms with Crippen LogP contribution in [0.2, 0.25) is 5.02 Å². The number of halogens is 2. The quantitative estimate of drug-likeness (QED) is 0.883. The van der Waals surface area contributed by atoms with Gasteiger partial charge in [0.2, 0.25) is 5.91 Å². The van der Waals surface area contributed by atoms with Gasteiger partial charge in [0.1, 0.15) is 5.82 Å². The molecule has 2 nitrogen and oxygen atoms in total. The maximum Gasteiger partial charge on any atom is 0.237 e. The zero-order chi connectivity index (χ0) is 11.5. The van der Waals surface area contributed by atoms with E-state index in [-0.39, 0.29) is 16.2 Å². The average Bonchev–Trinajstić information content (AvgIpc) is 2.77. The first-order chi connectivity index (χ1) is 7.66. The fourth-order valence-corrected chi connectivity index (χ4v) is 2.92. The highest BCUT2D eigenvalue weighted by atomic mass is 35.5. The number of rotatable bonds is 2. The topological polar surface area (TPSA) is 29.1 Å². The number of nitrogens with one attached hydrogen (secondary N) is 1. The van der Waals surface area contributed by atoms with Crippen LogP contribution in [0.15, 0.2) is 18.2 Å². The van der Waals surface area contributed by atoms with Crippen molar-refractivity contribution < 1.29 is 9.18 Å². The molecule has 1 aromatic carbocycles.